The fourth-order valence-electron chi connectivity index (χ4n) is 4.21. The van der Waals surface area contributed by atoms with Gasteiger partial charge >= 0.3 is 0 Å². The van der Waals surface area contributed by atoms with Crippen LogP contribution < -0.4 is 14.9 Å². The molecule has 2 aliphatic rings. The van der Waals surface area contributed by atoms with Crippen LogP contribution in [0.2, 0.25) is 0 Å². The van der Waals surface area contributed by atoms with Crippen molar-refractivity contribution in [1.29, 1.82) is 0 Å². The average molecular weight is 473 g/mol. The second kappa shape index (κ2) is 10.5. The molecule has 2 saturated heterocycles. The van der Waals surface area contributed by atoms with E-state index in [-0.39, 0.29) is 10.8 Å². The monoisotopic (exact) mass is 472 g/mol. The second-order valence-corrected chi connectivity index (χ2v) is 10.1. The predicted molar refractivity (Wildman–Crippen MR) is 129 cm³/mol. The SMILES string of the molecule is CCCc1ccc(S(=O)(=O)Nc2cc(C(=O)N3CCOCC3)ccc2N2CCNCC2)cc1. The van der Waals surface area contributed by atoms with Crippen molar-refractivity contribution >= 4 is 27.3 Å². The molecular formula is C24H32N4O4S. The highest BCUT2D eigenvalue weighted by molar-refractivity contribution is 7.92. The molecule has 0 spiro atoms. The summed E-state index contributed by atoms with van der Waals surface area (Å²) in [4.78, 5) is 17.1. The summed E-state index contributed by atoms with van der Waals surface area (Å²) < 4.78 is 34.6. The van der Waals surface area contributed by atoms with E-state index in [4.69, 9.17) is 4.74 Å². The highest BCUT2D eigenvalue weighted by Crippen LogP contribution is 2.30. The van der Waals surface area contributed by atoms with Crippen LogP contribution in [0, 0.1) is 0 Å². The Kier molecular flexibility index (Phi) is 7.52. The van der Waals surface area contributed by atoms with Gasteiger partial charge in [0.15, 0.2) is 0 Å². The minimum absolute atomic E-state index is 0.116. The van der Waals surface area contributed by atoms with Crippen molar-refractivity contribution < 1.29 is 17.9 Å². The van der Waals surface area contributed by atoms with Crippen molar-refractivity contribution in [2.45, 2.75) is 24.7 Å². The molecule has 4 rings (SSSR count). The largest absolute Gasteiger partial charge is 0.378 e. The zero-order chi connectivity index (χ0) is 23.3. The number of morpholine rings is 1. The van der Waals surface area contributed by atoms with E-state index in [9.17, 15) is 13.2 Å². The lowest BCUT2D eigenvalue weighted by atomic mass is 10.1. The second-order valence-electron chi connectivity index (χ2n) is 8.37. The predicted octanol–water partition coefficient (Wildman–Crippen LogP) is 2.32. The molecule has 2 fully saturated rings. The normalized spacial score (nSPS) is 17.1. The molecule has 0 saturated carbocycles. The number of hydrogen-bond acceptors (Lipinski definition) is 6. The zero-order valence-corrected chi connectivity index (χ0v) is 19.9. The van der Waals surface area contributed by atoms with Crippen LogP contribution in [-0.4, -0.2) is 71.7 Å². The Hall–Kier alpha value is -2.62. The van der Waals surface area contributed by atoms with E-state index < -0.39 is 10.0 Å². The summed E-state index contributed by atoms with van der Waals surface area (Å²) in [6.45, 7) is 7.34. The van der Waals surface area contributed by atoms with E-state index in [0.717, 1.165) is 50.3 Å². The Morgan fingerprint density at radius 2 is 1.73 bits per heavy atom. The maximum atomic E-state index is 13.2. The van der Waals surface area contributed by atoms with E-state index in [0.29, 0.717) is 37.6 Å². The third kappa shape index (κ3) is 5.66. The molecule has 0 atom stereocenters. The Morgan fingerprint density at radius 1 is 1.03 bits per heavy atom. The molecule has 8 nitrogen and oxygen atoms in total. The Bertz CT molecular complexity index is 1060. The minimum Gasteiger partial charge on any atom is -0.378 e. The van der Waals surface area contributed by atoms with E-state index in [1.54, 1.807) is 29.2 Å². The van der Waals surface area contributed by atoms with Gasteiger partial charge in [0.25, 0.3) is 15.9 Å². The Balaban J connectivity index is 1.64. The molecule has 178 valence electrons. The van der Waals surface area contributed by atoms with E-state index in [1.807, 2.05) is 18.2 Å². The molecular weight excluding hydrogens is 440 g/mol. The van der Waals surface area contributed by atoms with Crippen molar-refractivity contribution in [2.24, 2.45) is 0 Å². The Labute approximate surface area is 196 Å². The number of carbonyl (C=O) groups excluding carboxylic acids is 1. The lowest BCUT2D eigenvalue weighted by molar-refractivity contribution is 0.0303. The number of rotatable bonds is 7. The summed E-state index contributed by atoms with van der Waals surface area (Å²) in [6.07, 6.45) is 1.91. The lowest BCUT2D eigenvalue weighted by Crippen LogP contribution is -2.44. The molecule has 2 N–H and O–H groups in total. The van der Waals surface area contributed by atoms with E-state index in [2.05, 4.69) is 21.9 Å². The van der Waals surface area contributed by atoms with E-state index in [1.165, 1.54) is 0 Å². The topological polar surface area (TPSA) is 91.0 Å². The number of aryl methyl sites for hydroxylation is 1. The first-order chi connectivity index (χ1) is 16.0. The van der Waals surface area contributed by atoms with Gasteiger partial charge in [-0.05, 0) is 42.3 Å². The molecule has 0 bridgehead atoms. The number of ether oxygens (including phenoxy) is 1. The van der Waals surface area contributed by atoms with Crippen LogP contribution >= 0.6 is 0 Å². The van der Waals surface area contributed by atoms with Gasteiger partial charge < -0.3 is 19.9 Å². The molecule has 9 heteroatoms. The highest BCUT2D eigenvalue weighted by atomic mass is 32.2. The van der Waals surface area contributed by atoms with Gasteiger partial charge in [0.1, 0.15) is 0 Å². The first kappa shape index (κ1) is 23.5. The van der Waals surface area contributed by atoms with Crippen LogP contribution in [0.15, 0.2) is 47.4 Å². The number of benzene rings is 2. The summed E-state index contributed by atoms with van der Waals surface area (Å²) >= 11 is 0. The highest BCUT2D eigenvalue weighted by Gasteiger charge is 2.24. The van der Waals surface area contributed by atoms with Crippen molar-refractivity contribution in [3.63, 3.8) is 0 Å². The van der Waals surface area contributed by atoms with Crippen LogP contribution in [-0.2, 0) is 21.2 Å². The lowest BCUT2D eigenvalue weighted by Gasteiger charge is -2.32. The maximum Gasteiger partial charge on any atom is 0.261 e. The number of carbonyl (C=O) groups is 1. The number of nitrogens with zero attached hydrogens (tertiary/aromatic N) is 2. The molecule has 0 aromatic heterocycles. The number of piperazine rings is 1. The molecule has 0 unspecified atom stereocenters. The molecule has 0 radical (unpaired) electrons. The smallest absolute Gasteiger partial charge is 0.261 e. The van der Waals surface area contributed by atoms with Crippen LogP contribution in [0.3, 0.4) is 0 Å². The number of hydrogen-bond donors (Lipinski definition) is 2. The summed E-state index contributed by atoms with van der Waals surface area (Å²) in [7, 11) is -3.81. The van der Waals surface area contributed by atoms with Gasteiger partial charge in [-0.25, -0.2) is 8.42 Å². The third-order valence-corrected chi connectivity index (χ3v) is 7.40. The van der Waals surface area contributed by atoms with Crippen LogP contribution in [0.5, 0.6) is 0 Å². The Morgan fingerprint density at radius 3 is 2.39 bits per heavy atom. The van der Waals surface area contributed by atoms with E-state index >= 15 is 0 Å². The summed E-state index contributed by atoms with van der Waals surface area (Å²) in [5, 5.41) is 3.31. The van der Waals surface area contributed by atoms with Crippen LogP contribution in [0.25, 0.3) is 0 Å². The maximum absolute atomic E-state index is 13.2. The van der Waals surface area contributed by atoms with Gasteiger partial charge in [0, 0.05) is 44.8 Å². The zero-order valence-electron chi connectivity index (χ0n) is 19.0. The summed E-state index contributed by atoms with van der Waals surface area (Å²) in [6, 6.07) is 12.3. The van der Waals surface area contributed by atoms with Gasteiger partial charge in [-0.2, -0.15) is 0 Å². The summed E-state index contributed by atoms with van der Waals surface area (Å²) in [5.74, 6) is -0.116. The standard InChI is InChI=1S/C24H32N4O4S/c1-2-3-19-4-7-21(8-5-19)33(30,31)26-22-18-20(24(29)28-14-16-32-17-15-28)6-9-23(22)27-12-10-25-11-13-27/h4-9,18,25-26H,2-3,10-17H2,1H3. The first-order valence-corrected chi connectivity index (χ1v) is 13.0. The van der Waals surface area contributed by atoms with Crippen LogP contribution in [0.1, 0.15) is 29.3 Å². The van der Waals surface area contributed by atoms with Crippen molar-refractivity contribution in [3.8, 4) is 0 Å². The number of nitrogens with one attached hydrogen (secondary N) is 2. The van der Waals surface area contributed by atoms with Gasteiger partial charge in [-0.15, -0.1) is 0 Å². The molecule has 0 aliphatic carbocycles. The molecule has 2 aromatic rings. The molecule has 33 heavy (non-hydrogen) atoms. The molecule has 1 amide bonds. The van der Waals surface area contributed by atoms with Crippen LogP contribution in [0.4, 0.5) is 11.4 Å². The van der Waals surface area contributed by atoms with Crippen molar-refractivity contribution in [2.75, 3.05) is 62.1 Å². The van der Waals surface area contributed by atoms with Gasteiger partial charge in [0.2, 0.25) is 0 Å². The molecule has 2 aromatic carbocycles. The third-order valence-electron chi connectivity index (χ3n) is 6.02. The van der Waals surface area contributed by atoms with Crippen molar-refractivity contribution in [3.05, 3.63) is 53.6 Å². The fourth-order valence-corrected chi connectivity index (χ4v) is 5.27. The number of amides is 1. The van der Waals surface area contributed by atoms with Crippen molar-refractivity contribution in [1.82, 2.24) is 10.2 Å². The number of sulfonamides is 1. The first-order valence-electron chi connectivity index (χ1n) is 11.6. The van der Waals surface area contributed by atoms with Gasteiger partial charge in [-0.1, -0.05) is 25.5 Å². The quantitative estimate of drug-likeness (QED) is 0.643. The van der Waals surface area contributed by atoms with Gasteiger partial charge in [-0.3, -0.25) is 9.52 Å². The fraction of sp³-hybridized carbons (Fsp3) is 0.458. The molecule has 2 aliphatic heterocycles. The molecule has 2 heterocycles. The van der Waals surface area contributed by atoms with Gasteiger partial charge in [0.05, 0.1) is 29.5 Å². The summed E-state index contributed by atoms with van der Waals surface area (Å²) in [5.41, 5.74) is 2.78. The average Bonchev–Trinajstić information content (AvgIpc) is 2.85. The number of anilines is 2. The minimum atomic E-state index is -3.81.